The minimum Gasteiger partial charge on any atom is -0.462 e. The van der Waals surface area contributed by atoms with E-state index in [1.807, 2.05) is 0 Å². The lowest BCUT2D eigenvalue weighted by Crippen LogP contribution is -2.30. The quantitative estimate of drug-likeness (QED) is 0.0272. The van der Waals surface area contributed by atoms with E-state index in [9.17, 15) is 14.4 Å². The van der Waals surface area contributed by atoms with E-state index in [1.54, 1.807) is 0 Å². The zero-order valence-corrected chi connectivity index (χ0v) is 34.1. The predicted molar refractivity (Wildman–Crippen MR) is 219 cm³/mol. The van der Waals surface area contributed by atoms with Crippen molar-refractivity contribution < 1.29 is 28.6 Å². The number of carbonyl (C=O) groups excluding carboxylic acids is 3. The van der Waals surface area contributed by atoms with Gasteiger partial charge in [-0.05, 0) is 77.0 Å². The molecule has 0 fully saturated rings. The van der Waals surface area contributed by atoms with Crippen LogP contribution in [0.4, 0.5) is 0 Å². The van der Waals surface area contributed by atoms with Crippen molar-refractivity contribution >= 4 is 17.9 Å². The number of hydrogen-bond acceptors (Lipinski definition) is 6. The topological polar surface area (TPSA) is 78.9 Å². The van der Waals surface area contributed by atoms with E-state index >= 15 is 0 Å². The maximum atomic E-state index is 12.6. The summed E-state index contributed by atoms with van der Waals surface area (Å²) in [4.78, 5) is 37.4. The standard InChI is InChI=1S/C46H80O6/c1-4-7-10-13-15-17-19-21-22-23-25-26-28-30-33-36-39-45(48)51-42-43(41-50-44(47)38-35-32-12-9-6-3)52-46(49)40-37-34-31-29-27-24-20-18-16-14-11-8-5-2/h8,11,16,18,22-24,27,43H,4-7,9-10,12-15,17,19-21,25-26,28-42H2,1-3H3/b11-8-,18-16-,23-22-,27-24-. The van der Waals surface area contributed by atoms with Crippen LogP contribution in [-0.4, -0.2) is 37.2 Å². The first-order chi connectivity index (χ1) is 25.5. The van der Waals surface area contributed by atoms with Gasteiger partial charge in [0.2, 0.25) is 0 Å². The lowest BCUT2D eigenvalue weighted by molar-refractivity contribution is -0.167. The molecule has 0 N–H and O–H groups in total. The highest BCUT2D eigenvalue weighted by Crippen LogP contribution is 2.13. The van der Waals surface area contributed by atoms with Gasteiger partial charge in [0, 0.05) is 19.3 Å². The molecule has 6 nitrogen and oxygen atoms in total. The average molecular weight is 729 g/mol. The molecule has 0 aliphatic heterocycles. The number of allylic oxidation sites excluding steroid dienone is 8. The normalized spacial score (nSPS) is 12.4. The Labute approximate surface area is 320 Å². The van der Waals surface area contributed by atoms with Crippen molar-refractivity contribution in [1.29, 1.82) is 0 Å². The van der Waals surface area contributed by atoms with Crippen LogP contribution < -0.4 is 0 Å². The second-order valence-corrected chi connectivity index (χ2v) is 14.2. The second-order valence-electron chi connectivity index (χ2n) is 14.2. The van der Waals surface area contributed by atoms with Crippen LogP contribution in [0.1, 0.15) is 207 Å². The zero-order valence-electron chi connectivity index (χ0n) is 34.1. The van der Waals surface area contributed by atoms with Crippen molar-refractivity contribution in [2.45, 2.75) is 213 Å². The maximum Gasteiger partial charge on any atom is 0.306 e. The Morgan fingerprint density at radius 1 is 0.404 bits per heavy atom. The third-order valence-corrected chi connectivity index (χ3v) is 9.07. The first kappa shape index (κ1) is 49.4. The van der Waals surface area contributed by atoms with Gasteiger partial charge in [-0.1, -0.05) is 159 Å². The van der Waals surface area contributed by atoms with Crippen molar-refractivity contribution in [3.05, 3.63) is 48.6 Å². The van der Waals surface area contributed by atoms with E-state index in [4.69, 9.17) is 14.2 Å². The minimum atomic E-state index is -0.784. The van der Waals surface area contributed by atoms with Crippen LogP contribution in [0.5, 0.6) is 0 Å². The lowest BCUT2D eigenvalue weighted by Gasteiger charge is -2.18. The van der Waals surface area contributed by atoms with E-state index in [2.05, 4.69) is 69.4 Å². The Hall–Kier alpha value is -2.63. The Morgan fingerprint density at radius 2 is 0.750 bits per heavy atom. The summed E-state index contributed by atoms with van der Waals surface area (Å²) in [6.45, 7) is 6.38. The summed E-state index contributed by atoms with van der Waals surface area (Å²) in [6, 6.07) is 0. The van der Waals surface area contributed by atoms with Gasteiger partial charge in [0.15, 0.2) is 6.10 Å². The molecule has 1 unspecified atom stereocenters. The van der Waals surface area contributed by atoms with Crippen LogP contribution in [-0.2, 0) is 28.6 Å². The van der Waals surface area contributed by atoms with Crippen LogP contribution in [0.2, 0.25) is 0 Å². The molecule has 0 bridgehead atoms. The van der Waals surface area contributed by atoms with Gasteiger partial charge in [-0.15, -0.1) is 0 Å². The first-order valence-corrected chi connectivity index (χ1v) is 21.6. The van der Waals surface area contributed by atoms with E-state index in [-0.39, 0.29) is 31.1 Å². The molecule has 0 saturated heterocycles. The molecular formula is C46H80O6. The highest BCUT2D eigenvalue weighted by molar-refractivity contribution is 5.71. The van der Waals surface area contributed by atoms with Gasteiger partial charge < -0.3 is 14.2 Å². The lowest BCUT2D eigenvalue weighted by atomic mass is 10.1. The van der Waals surface area contributed by atoms with Crippen molar-refractivity contribution in [2.24, 2.45) is 0 Å². The van der Waals surface area contributed by atoms with Crippen molar-refractivity contribution in [1.82, 2.24) is 0 Å². The fourth-order valence-corrected chi connectivity index (χ4v) is 5.80. The summed E-state index contributed by atoms with van der Waals surface area (Å²) < 4.78 is 16.5. The number of ether oxygens (including phenoxy) is 3. The van der Waals surface area contributed by atoms with Gasteiger partial charge >= 0.3 is 17.9 Å². The number of esters is 3. The first-order valence-electron chi connectivity index (χ1n) is 21.6. The fourth-order valence-electron chi connectivity index (χ4n) is 5.80. The summed E-state index contributed by atoms with van der Waals surface area (Å²) in [5.74, 6) is -0.944. The Balaban J connectivity index is 4.29. The highest BCUT2D eigenvalue weighted by Gasteiger charge is 2.19. The third-order valence-electron chi connectivity index (χ3n) is 9.07. The average Bonchev–Trinajstić information content (AvgIpc) is 3.14. The largest absolute Gasteiger partial charge is 0.462 e. The summed E-state index contributed by atoms with van der Waals surface area (Å²) in [5, 5.41) is 0. The third kappa shape index (κ3) is 38.6. The van der Waals surface area contributed by atoms with Crippen LogP contribution in [0.25, 0.3) is 0 Å². The predicted octanol–water partition coefficient (Wildman–Crippen LogP) is 13.6. The van der Waals surface area contributed by atoms with Crippen molar-refractivity contribution in [3.8, 4) is 0 Å². The highest BCUT2D eigenvalue weighted by atomic mass is 16.6. The summed E-state index contributed by atoms with van der Waals surface area (Å²) in [5.41, 5.74) is 0. The minimum absolute atomic E-state index is 0.0889. The van der Waals surface area contributed by atoms with Crippen LogP contribution in [0, 0.1) is 0 Å². The Morgan fingerprint density at radius 3 is 1.21 bits per heavy atom. The second kappa shape index (κ2) is 41.1. The van der Waals surface area contributed by atoms with Crippen LogP contribution >= 0.6 is 0 Å². The van der Waals surface area contributed by atoms with E-state index in [0.29, 0.717) is 19.3 Å². The molecule has 0 aromatic rings. The van der Waals surface area contributed by atoms with Gasteiger partial charge in [0.1, 0.15) is 13.2 Å². The molecule has 0 rings (SSSR count). The molecule has 0 radical (unpaired) electrons. The molecule has 0 saturated carbocycles. The van der Waals surface area contributed by atoms with Gasteiger partial charge in [0.25, 0.3) is 0 Å². The molecule has 0 aliphatic carbocycles. The van der Waals surface area contributed by atoms with E-state index in [1.165, 1.54) is 70.6 Å². The number of unbranched alkanes of at least 4 members (excludes halogenated alkanes) is 19. The summed E-state index contributed by atoms with van der Waals surface area (Å²) in [6.07, 6.45) is 47.0. The van der Waals surface area contributed by atoms with Gasteiger partial charge in [-0.25, -0.2) is 0 Å². The monoisotopic (exact) mass is 729 g/mol. The molecule has 0 heterocycles. The van der Waals surface area contributed by atoms with Crippen LogP contribution in [0.3, 0.4) is 0 Å². The van der Waals surface area contributed by atoms with Gasteiger partial charge in [0.05, 0.1) is 0 Å². The molecule has 0 aromatic heterocycles. The molecule has 0 amide bonds. The Bertz CT molecular complexity index is 933. The smallest absolute Gasteiger partial charge is 0.306 e. The van der Waals surface area contributed by atoms with Crippen LogP contribution in [0.15, 0.2) is 48.6 Å². The summed E-state index contributed by atoms with van der Waals surface area (Å²) >= 11 is 0. The molecule has 300 valence electrons. The van der Waals surface area contributed by atoms with Gasteiger partial charge in [-0.3, -0.25) is 14.4 Å². The number of hydrogen-bond donors (Lipinski definition) is 0. The fraction of sp³-hybridized carbons (Fsp3) is 0.761. The molecule has 52 heavy (non-hydrogen) atoms. The maximum absolute atomic E-state index is 12.6. The van der Waals surface area contributed by atoms with Crippen molar-refractivity contribution in [3.63, 3.8) is 0 Å². The molecular weight excluding hydrogens is 648 g/mol. The van der Waals surface area contributed by atoms with E-state index < -0.39 is 6.10 Å². The number of rotatable bonds is 38. The number of carbonyl (C=O) groups is 3. The molecule has 0 aliphatic rings. The molecule has 0 spiro atoms. The zero-order chi connectivity index (χ0) is 38.0. The van der Waals surface area contributed by atoms with Crippen molar-refractivity contribution in [2.75, 3.05) is 13.2 Å². The Kier molecular flexibility index (Phi) is 39.1. The summed E-state index contributed by atoms with van der Waals surface area (Å²) in [7, 11) is 0. The molecule has 0 aromatic carbocycles. The molecule has 1 atom stereocenters. The van der Waals surface area contributed by atoms with E-state index in [0.717, 1.165) is 96.3 Å². The van der Waals surface area contributed by atoms with Gasteiger partial charge in [-0.2, -0.15) is 0 Å². The SMILES string of the molecule is CC/C=C\C/C=C\C/C=C\CCCCCC(=O)OC(COC(=O)CCCCCCC)COC(=O)CCCCCCC/C=C\CCCCCCCCC. The molecule has 6 heteroatoms.